The SMILES string of the molecule is CCCOc1ccc2nc(CC(=O)O)[nH]c2c1. The lowest BCUT2D eigenvalue weighted by Gasteiger charge is -2.02. The summed E-state index contributed by atoms with van der Waals surface area (Å²) in [5.74, 6) is 0.330. The minimum Gasteiger partial charge on any atom is -0.494 e. The Hall–Kier alpha value is -2.04. The van der Waals surface area contributed by atoms with Crippen LogP contribution < -0.4 is 4.74 Å². The van der Waals surface area contributed by atoms with E-state index in [0.29, 0.717) is 12.4 Å². The van der Waals surface area contributed by atoms with Gasteiger partial charge in [0.05, 0.1) is 17.6 Å². The van der Waals surface area contributed by atoms with Crippen LogP contribution in [0.4, 0.5) is 0 Å². The lowest BCUT2D eigenvalue weighted by atomic mass is 10.3. The van der Waals surface area contributed by atoms with E-state index in [-0.39, 0.29) is 6.42 Å². The van der Waals surface area contributed by atoms with Crippen LogP contribution in [0, 0.1) is 0 Å². The number of aromatic amines is 1. The van der Waals surface area contributed by atoms with Gasteiger partial charge in [0.25, 0.3) is 0 Å². The molecule has 0 spiro atoms. The van der Waals surface area contributed by atoms with Crippen molar-refractivity contribution < 1.29 is 14.6 Å². The third-order valence-electron chi connectivity index (χ3n) is 2.29. The molecule has 2 N–H and O–H groups in total. The Bertz CT molecular complexity index is 534. The van der Waals surface area contributed by atoms with Crippen molar-refractivity contribution in [1.29, 1.82) is 0 Å². The number of fused-ring (bicyclic) bond motifs is 1. The second-order valence-electron chi connectivity index (χ2n) is 3.78. The van der Waals surface area contributed by atoms with Crippen LogP contribution in [0.3, 0.4) is 0 Å². The zero-order valence-electron chi connectivity index (χ0n) is 9.56. The number of H-pyrrole nitrogens is 1. The summed E-state index contributed by atoms with van der Waals surface area (Å²) in [6.45, 7) is 2.71. The molecule has 0 fully saturated rings. The lowest BCUT2D eigenvalue weighted by Crippen LogP contribution is -2.01. The highest BCUT2D eigenvalue weighted by atomic mass is 16.5. The Labute approximate surface area is 98.4 Å². The van der Waals surface area contributed by atoms with Crippen molar-refractivity contribution in [2.75, 3.05) is 6.61 Å². The number of ether oxygens (including phenoxy) is 1. The Morgan fingerprint density at radius 1 is 1.53 bits per heavy atom. The van der Waals surface area contributed by atoms with E-state index in [1.807, 2.05) is 25.1 Å². The van der Waals surface area contributed by atoms with Gasteiger partial charge in [-0.05, 0) is 18.6 Å². The van der Waals surface area contributed by atoms with Gasteiger partial charge in [0.1, 0.15) is 18.0 Å². The summed E-state index contributed by atoms with van der Waals surface area (Å²) in [5.41, 5.74) is 1.56. The first-order chi connectivity index (χ1) is 8.19. The minimum atomic E-state index is -0.897. The van der Waals surface area contributed by atoms with Crippen molar-refractivity contribution in [3.63, 3.8) is 0 Å². The number of hydrogen-bond acceptors (Lipinski definition) is 3. The molecular formula is C12H14N2O3. The number of carboxylic acid groups (broad SMARTS) is 1. The van der Waals surface area contributed by atoms with E-state index in [2.05, 4.69) is 9.97 Å². The molecular weight excluding hydrogens is 220 g/mol. The highest BCUT2D eigenvalue weighted by molar-refractivity contribution is 5.78. The van der Waals surface area contributed by atoms with Gasteiger partial charge < -0.3 is 14.8 Å². The summed E-state index contributed by atoms with van der Waals surface area (Å²) in [7, 11) is 0. The number of nitrogens with one attached hydrogen (secondary N) is 1. The van der Waals surface area contributed by atoms with Crippen molar-refractivity contribution in [3.05, 3.63) is 24.0 Å². The Morgan fingerprint density at radius 2 is 2.35 bits per heavy atom. The summed E-state index contributed by atoms with van der Waals surface area (Å²) in [6, 6.07) is 5.49. The zero-order valence-corrected chi connectivity index (χ0v) is 9.56. The number of aliphatic carboxylic acids is 1. The second-order valence-corrected chi connectivity index (χ2v) is 3.78. The van der Waals surface area contributed by atoms with Gasteiger partial charge in [-0.2, -0.15) is 0 Å². The van der Waals surface area contributed by atoms with Crippen molar-refractivity contribution >= 4 is 17.0 Å². The van der Waals surface area contributed by atoms with Crippen LogP contribution in [-0.4, -0.2) is 27.7 Å². The summed E-state index contributed by atoms with van der Waals surface area (Å²) in [4.78, 5) is 17.7. The monoisotopic (exact) mass is 234 g/mol. The largest absolute Gasteiger partial charge is 0.494 e. The fourth-order valence-electron chi connectivity index (χ4n) is 1.58. The molecule has 1 aromatic heterocycles. The molecule has 0 saturated heterocycles. The maximum atomic E-state index is 10.6. The number of aromatic nitrogens is 2. The molecule has 17 heavy (non-hydrogen) atoms. The third kappa shape index (κ3) is 2.75. The fourth-order valence-corrected chi connectivity index (χ4v) is 1.58. The highest BCUT2D eigenvalue weighted by Crippen LogP contribution is 2.19. The van der Waals surface area contributed by atoms with E-state index in [1.54, 1.807) is 0 Å². The van der Waals surface area contributed by atoms with Gasteiger partial charge in [-0.3, -0.25) is 4.79 Å². The quantitative estimate of drug-likeness (QED) is 0.829. The molecule has 0 aliphatic heterocycles. The molecule has 2 aromatic rings. The minimum absolute atomic E-state index is 0.0974. The average molecular weight is 234 g/mol. The normalized spacial score (nSPS) is 10.6. The molecule has 0 saturated carbocycles. The lowest BCUT2D eigenvalue weighted by molar-refractivity contribution is -0.136. The van der Waals surface area contributed by atoms with Crippen LogP contribution in [0.1, 0.15) is 19.2 Å². The predicted molar refractivity (Wildman–Crippen MR) is 63.2 cm³/mol. The molecule has 1 aromatic carbocycles. The van der Waals surface area contributed by atoms with Gasteiger partial charge in [-0.1, -0.05) is 6.92 Å². The first-order valence-electron chi connectivity index (χ1n) is 5.52. The Balaban J connectivity index is 2.24. The maximum absolute atomic E-state index is 10.6. The van der Waals surface area contributed by atoms with Crippen molar-refractivity contribution in [2.24, 2.45) is 0 Å². The molecule has 0 amide bonds. The number of benzene rings is 1. The van der Waals surface area contributed by atoms with E-state index in [0.717, 1.165) is 23.2 Å². The van der Waals surface area contributed by atoms with Gasteiger partial charge in [0.15, 0.2) is 0 Å². The third-order valence-corrected chi connectivity index (χ3v) is 2.29. The Morgan fingerprint density at radius 3 is 3.06 bits per heavy atom. The van der Waals surface area contributed by atoms with Gasteiger partial charge in [-0.25, -0.2) is 4.98 Å². The summed E-state index contributed by atoms with van der Waals surface area (Å²) in [6.07, 6.45) is 0.852. The number of nitrogens with zero attached hydrogens (tertiary/aromatic N) is 1. The maximum Gasteiger partial charge on any atom is 0.311 e. The molecule has 0 atom stereocenters. The number of hydrogen-bond donors (Lipinski definition) is 2. The molecule has 90 valence electrons. The van der Waals surface area contributed by atoms with E-state index in [4.69, 9.17) is 9.84 Å². The van der Waals surface area contributed by atoms with Crippen LogP contribution >= 0.6 is 0 Å². The smallest absolute Gasteiger partial charge is 0.311 e. The van der Waals surface area contributed by atoms with E-state index in [9.17, 15) is 4.79 Å². The van der Waals surface area contributed by atoms with E-state index >= 15 is 0 Å². The van der Waals surface area contributed by atoms with Crippen LogP contribution in [-0.2, 0) is 11.2 Å². The first kappa shape index (κ1) is 11.4. The van der Waals surface area contributed by atoms with Crippen molar-refractivity contribution in [2.45, 2.75) is 19.8 Å². The highest BCUT2D eigenvalue weighted by Gasteiger charge is 2.07. The second kappa shape index (κ2) is 4.86. The molecule has 5 nitrogen and oxygen atoms in total. The molecule has 0 bridgehead atoms. The van der Waals surface area contributed by atoms with Crippen LogP contribution in [0.2, 0.25) is 0 Å². The average Bonchev–Trinajstić information content (AvgIpc) is 2.66. The fraction of sp³-hybridized carbons (Fsp3) is 0.333. The van der Waals surface area contributed by atoms with E-state index < -0.39 is 5.97 Å². The predicted octanol–water partition coefficient (Wildman–Crippen LogP) is 1.98. The van der Waals surface area contributed by atoms with Crippen LogP contribution in [0.25, 0.3) is 11.0 Å². The molecule has 0 radical (unpaired) electrons. The molecule has 0 aliphatic rings. The number of carbonyl (C=O) groups is 1. The zero-order chi connectivity index (χ0) is 12.3. The van der Waals surface area contributed by atoms with Crippen molar-refractivity contribution in [1.82, 2.24) is 9.97 Å². The van der Waals surface area contributed by atoms with Gasteiger partial charge in [-0.15, -0.1) is 0 Å². The van der Waals surface area contributed by atoms with Crippen LogP contribution in [0.5, 0.6) is 5.75 Å². The number of imidazole rings is 1. The van der Waals surface area contributed by atoms with Crippen LogP contribution in [0.15, 0.2) is 18.2 Å². The molecule has 2 rings (SSSR count). The number of rotatable bonds is 5. The molecule has 5 heteroatoms. The molecule has 1 heterocycles. The number of carboxylic acids is 1. The van der Waals surface area contributed by atoms with Crippen molar-refractivity contribution in [3.8, 4) is 5.75 Å². The summed E-state index contributed by atoms with van der Waals surface area (Å²) in [5, 5.41) is 8.68. The Kier molecular flexibility index (Phi) is 3.27. The first-order valence-corrected chi connectivity index (χ1v) is 5.52. The summed E-state index contributed by atoms with van der Waals surface area (Å²) >= 11 is 0. The summed E-state index contributed by atoms with van der Waals surface area (Å²) < 4.78 is 5.49. The van der Waals surface area contributed by atoms with Gasteiger partial charge in [0, 0.05) is 6.07 Å². The molecule has 0 unspecified atom stereocenters. The van der Waals surface area contributed by atoms with Gasteiger partial charge >= 0.3 is 5.97 Å². The molecule has 0 aliphatic carbocycles. The van der Waals surface area contributed by atoms with Gasteiger partial charge in [0.2, 0.25) is 0 Å². The standard InChI is InChI=1S/C12H14N2O3/c1-2-5-17-8-3-4-9-10(6-8)14-11(13-9)7-12(15)16/h3-4,6H,2,5,7H2,1H3,(H,13,14)(H,15,16). The van der Waals surface area contributed by atoms with E-state index in [1.165, 1.54) is 0 Å². The topological polar surface area (TPSA) is 75.2 Å².